The summed E-state index contributed by atoms with van der Waals surface area (Å²) >= 11 is 9.32. The maximum atomic E-state index is 11.9. The molecule has 0 bridgehead atoms. The van der Waals surface area contributed by atoms with Crippen LogP contribution < -0.4 is 10.6 Å². The molecular formula is C14H20BrClN2O. The van der Waals surface area contributed by atoms with E-state index >= 15 is 0 Å². The summed E-state index contributed by atoms with van der Waals surface area (Å²) in [5.74, 6) is 0.000490. The molecule has 0 spiro atoms. The van der Waals surface area contributed by atoms with Gasteiger partial charge in [0.2, 0.25) is 5.91 Å². The lowest BCUT2D eigenvalue weighted by molar-refractivity contribution is -0.124. The highest BCUT2D eigenvalue weighted by molar-refractivity contribution is 9.10. The van der Waals surface area contributed by atoms with Gasteiger partial charge in [-0.15, -0.1) is 0 Å². The summed E-state index contributed by atoms with van der Waals surface area (Å²) in [6, 6.07) is 5.48. The predicted octanol–water partition coefficient (Wildman–Crippen LogP) is 3.50. The second-order valence-electron chi connectivity index (χ2n) is 5.59. The summed E-state index contributed by atoms with van der Waals surface area (Å²) < 4.78 is 0.861. The zero-order chi connectivity index (χ0) is 14.6. The number of nitrogens with one attached hydrogen (secondary N) is 2. The molecule has 0 saturated heterocycles. The van der Waals surface area contributed by atoms with Crippen molar-refractivity contribution in [3.05, 3.63) is 33.3 Å². The third-order valence-corrected chi connectivity index (χ3v) is 3.70. The summed E-state index contributed by atoms with van der Waals surface area (Å²) in [4.78, 5) is 11.9. The van der Waals surface area contributed by atoms with Gasteiger partial charge < -0.3 is 10.6 Å². The van der Waals surface area contributed by atoms with Crippen LogP contribution in [-0.2, 0) is 11.3 Å². The first-order chi connectivity index (χ1) is 8.69. The van der Waals surface area contributed by atoms with Gasteiger partial charge >= 0.3 is 0 Å². The Bertz CT molecular complexity index is 457. The van der Waals surface area contributed by atoms with E-state index in [9.17, 15) is 4.79 Å². The number of carbonyl (C=O) groups is 1. The third-order valence-electron chi connectivity index (χ3n) is 2.49. The van der Waals surface area contributed by atoms with Crippen molar-refractivity contribution in [1.29, 1.82) is 0 Å². The van der Waals surface area contributed by atoms with E-state index in [0.29, 0.717) is 11.6 Å². The predicted molar refractivity (Wildman–Crippen MR) is 83.3 cm³/mol. The summed E-state index contributed by atoms with van der Waals surface area (Å²) in [5, 5.41) is 6.82. The monoisotopic (exact) mass is 346 g/mol. The van der Waals surface area contributed by atoms with Gasteiger partial charge in [0.1, 0.15) is 0 Å². The molecule has 1 rings (SSSR count). The van der Waals surface area contributed by atoms with Gasteiger partial charge in [-0.25, -0.2) is 0 Å². The molecular weight excluding hydrogens is 328 g/mol. The van der Waals surface area contributed by atoms with E-state index < -0.39 is 0 Å². The molecule has 0 saturated carbocycles. The number of benzene rings is 1. The van der Waals surface area contributed by atoms with Gasteiger partial charge in [-0.05, 0) is 61.3 Å². The van der Waals surface area contributed by atoms with Crippen molar-refractivity contribution < 1.29 is 4.79 Å². The van der Waals surface area contributed by atoms with E-state index in [0.717, 1.165) is 10.0 Å². The fraction of sp³-hybridized carbons (Fsp3) is 0.500. The number of carbonyl (C=O) groups excluding carboxylic acids is 1. The fourth-order valence-corrected chi connectivity index (χ4v) is 2.03. The maximum absolute atomic E-state index is 11.9. The lowest BCUT2D eigenvalue weighted by atomic mass is 10.1. The standard InChI is InChI=1S/C14H20BrClN2O/c1-9(13(19)18-14(2,3)4)17-8-10-5-6-12(16)11(15)7-10/h5-7,9,17H,8H2,1-4H3,(H,18,19). The van der Waals surface area contributed by atoms with Crippen LogP contribution in [0, 0.1) is 0 Å². The van der Waals surface area contributed by atoms with Crippen molar-refractivity contribution in [1.82, 2.24) is 10.6 Å². The van der Waals surface area contributed by atoms with Crippen LogP contribution in [-0.4, -0.2) is 17.5 Å². The first kappa shape index (κ1) is 16.5. The maximum Gasteiger partial charge on any atom is 0.237 e. The fourth-order valence-electron chi connectivity index (χ4n) is 1.49. The lowest BCUT2D eigenvalue weighted by Gasteiger charge is -2.23. The van der Waals surface area contributed by atoms with Crippen LogP contribution in [0.4, 0.5) is 0 Å². The Morgan fingerprint density at radius 2 is 2.05 bits per heavy atom. The Morgan fingerprint density at radius 3 is 2.58 bits per heavy atom. The first-order valence-electron chi connectivity index (χ1n) is 6.18. The number of halogens is 2. The SMILES string of the molecule is CC(NCc1ccc(Cl)c(Br)c1)C(=O)NC(C)(C)C. The van der Waals surface area contributed by atoms with Gasteiger partial charge in [-0.3, -0.25) is 4.79 Å². The zero-order valence-electron chi connectivity index (χ0n) is 11.7. The topological polar surface area (TPSA) is 41.1 Å². The van der Waals surface area contributed by atoms with Gasteiger partial charge in [-0.2, -0.15) is 0 Å². The molecule has 1 atom stereocenters. The van der Waals surface area contributed by atoms with Crippen LogP contribution >= 0.6 is 27.5 Å². The Labute approximate surface area is 128 Å². The number of hydrogen-bond acceptors (Lipinski definition) is 2. The summed E-state index contributed by atoms with van der Waals surface area (Å²) in [6.07, 6.45) is 0. The van der Waals surface area contributed by atoms with E-state index in [2.05, 4.69) is 26.6 Å². The summed E-state index contributed by atoms with van der Waals surface area (Å²) in [6.45, 7) is 8.37. The van der Waals surface area contributed by atoms with Crippen LogP contribution in [0.1, 0.15) is 33.3 Å². The van der Waals surface area contributed by atoms with Crippen molar-refractivity contribution in [3.8, 4) is 0 Å². The van der Waals surface area contributed by atoms with Crippen LogP contribution in [0.25, 0.3) is 0 Å². The van der Waals surface area contributed by atoms with E-state index in [1.165, 1.54) is 0 Å². The lowest BCUT2D eigenvalue weighted by Crippen LogP contribution is -2.49. The number of rotatable bonds is 4. The molecule has 2 N–H and O–H groups in total. The zero-order valence-corrected chi connectivity index (χ0v) is 14.0. The van der Waals surface area contributed by atoms with Crippen LogP contribution in [0.3, 0.4) is 0 Å². The molecule has 0 aliphatic rings. The molecule has 0 aliphatic heterocycles. The van der Waals surface area contributed by atoms with Gasteiger partial charge in [0, 0.05) is 16.6 Å². The third kappa shape index (κ3) is 5.93. The minimum Gasteiger partial charge on any atom is -0.350 e. The largest absolute Gasteiger partial charge is 0.350 e. The van der Waals surface area contributed by atoms with Crippen molar-refractivity contribution in [2.45, 2.75) is 45.8 Å². The number of amides is 1. The minimum atomic E-state index is -0.242. The molecule has 0 radical (unpaired) electrons. The van der Waals surface area contributed by atoms with Crippen molar-refractivity contribution in [3.63, 3.8) is 0 Å². The molecule has 3 nitrogen and oxygen atoms in total. The smallest absolute Gasteiger partial charge is 0.237 e. The van der Waals surface area contributed by atoms with E-state index in [-0.39, 0.29) is 17.5 Å². The van der Waals surface area contributed by atoms with Crippen molar-refractivity contribution >= 4 is 33.4 Å². The summed E-state index contributed by atoms with van der Waals surface area (Å²) in [7, 11) is 0. The molecule has 1 aromatic carbocycles. The first-order valence-corrected chi connectivity index (χ1v) is 7.35. The van der Waals surface area contributed by atoms with E-state index in [1.54, 1.807) is 0 Å². The molecule has 0 heterocycles. The molecule has 1 amide bonds. The Hall–Kier alpha value is -0.580. The Kier molecular flexibility index (Phi) is 5.83. The highest BCUT2D eigenvalue weighted by Gasteiger charge is 2.18. The quantitative estimate of drug-likeness (QED) is 0.875. The number of hydrogen-bond donors (Lipinski definition) is 2. The molecule has 1 aromatic rings. The molecule has 19 heavy (non-hydrogen) atoms. The van der Waals surface area contributed by atoms with Crippen molar-refractivity contribution in [2.75, 3.05) is 0 Å². The van der Waals surface area contributed by atoms with Gasteiger partial charge in [0.15, 0.2) is 0 Å². The van der Waals surface area contributed by atoms with Gasteiger partial charge in [0.25, 0.3) is 0 Å². The highest BCUT2D eigenvalue weighted by atomic mass is 79.9. The highest BCUT2D eigenvalue weighted by Crippen LogP contribution is 2.23. The average Bonchev–Trinajstić information content (AvgIpc) is 2.28. The second kappa shape index (κ2) is 6.73. The molecule has 5 heteroatoms. The minimum absolute atomic E-state index is 0.000490. The molecule has 0 aliphatic carbocycles. The van der Waals surface area contributed by atoms with Gasteiger partial charge in [0.05, 0.1) is 11.1 Å². The Balaban J connectivity index is 2.52. The van der Waals surface area contributed by atoms with Crippen molar-refractivity contribution in [2.24, 2.45) is 0 Å². The van der Waals surface area contributed by atoms with E-state index in [1.807, 2.05) is 45.9 Å². The molecule has 0 aromatic heterocycles. The van der Waals surface area contributed by atoms with Crippen LogP contribution in [0.15, 0.2) is 22.7 Å². The normalized spacial score (nSPS) is 13.2. The molecule has 0 fully saturated rings. The summed E-state index contributed by atoms with van der Waals surface area (Å²) in [5.41, 5.74) is 0.864. The van der Waals surface area contributed by atoms with Gasteiger partial charge in [-0.1, -0.05) is 17.7 Å². The Morgan fingerprint density at radius 1 is 1.42 bits per heavy atom. The average molecular weight is 348 g/mol. The second-order valence-corrected chi connectivity index (χ2v) is 6.85. The molecule has 1 unspecified atom stereocenters. The van der Waals surface area contributed by atoms with Crippen LogP contribution in [0.5, 0.6) is 0 Å². The molecule has 106 valence electrons. The van der Waals surface area contributed by atoms with Crippen LogP contribution in [0.2, 0.25) is 5.02 Å². The van der Waals surface area contributed by atoms with E-state index in [4.69, 9.17) is 11.6 Å².